The maximum absolute atomic E-state index is 12.0. The Morgan fingerprint density at radius 1 is 1.18 bits per heavy atom. The van der Waals surface area contributed by atoms with Crippen LogP contribution in [0.2, 0.25) is 0 Å². The molecule has 2 heterocycles. The van der Waals surface area contributed by atoms with Gasteiger partial charge < -0.3 is 15.4 Å². The molecular formula is C20H26ClN3O3S. The summed E-state index contributed by atoms with van der Waals surface area (Å²) in [6.07, 6.45) is 8.66. The van der Waals surface area contributed by atoms with Gasteiger partial charge in [0, 0.05) is 24.7 Å². The third-order valence-electron chi connectivity index (χ3n) is 5.33. The monoisotopic (exact) mass is 423 g/mol. The van der Waals surface area contributed by atoms with E-state index in [0.717, 1.165) is 67.5 Å². The molecule has 3 aliphatic rings. The predicted molar refractivity (Wildman–Crippen MR) is 115 cm³/mol. The van der Waals surface area contributed by atoms with E-state index in [-0.39, 0.29) is 35.7 Å². The van der Waals surface area contributed by atoms with Crippen molar-refractivity contribution in [2.75, 3.05) is 18.0 Å². The third-order valence-corrected chi connectivity index (χ3v) is 6.14. The molecule has 3 fully saturated rings. The van der Waals surface area contributed by atoms with Crippen LogP contribution in [0.5, 0.6) is 5.75 Å². The smallest absolute Gasteiger partial charge is 0.290 e. The van der Waals surface area contributed by atoms with Gasteiger partial charge in [0.15, 0.2) is 0 Å². The third kappa shape index (κ3) is 4.64. The first kappa shape index (κ1) is 21.0. The molecule has 0 radical (unpaired) electrons. The summed E-state index contributed by atoms with van der Waals surface area (Å²) in [5, 5.41) is 1.99. The fourth-order valence-corrected chi connectivity index (χ4v) is 4.72. The normalized spacial score (nSPS) is 24.4. The highest BCUT2D eigenvalue weighted by Gasteiger charge is 2.28. The van der Waals surface area contributed by atoms with Gasteiger partial charge in [-0.3, -0.25) is 14.9 Å². The lowest BCUT2D eigenvalue weighted by atomic mass is 10.0. The SMILES string of the molecule is Cl.N[C@@H]1CCCN(c2c(/C=C3\SC(=O)NC3=O)cccc2OC2CCCC2)C1. The average molecular weight is 424 g/mol. The topological polar surface area (TPSA) is 84.7 Å². The number of hydrogen-bond donors (Lipinski definition) is 2. The fraction of sp³-hybridized carbons (Fsp3) is 0.500. The minimum atomic E-state index is -0.339. The minimum Gasteiger partial charge on any atom is -0.488 e. The molecule has 1 aliphatic carbocycles. The van der Waals surface area contributed by atoms with Crippen LogP contribution in [0.4, 0.5) is 10.5 Å². The lowest BCUT2D eigenvalue weighted by molar-refractivity contribution is -0.115. The number of ether oxygens (including phenoxy) is 1. The molecular weight excluding hydrogens is 398 g/mol. The molecule has 1 atom stereocenters. The molecule has 152 valence electrons. The van der Waals surface area contributed by atoms with Crippen molar-refractivity contribution in [3.8, 4) is 5.75 Å². The standard InChI is InChI=1S/C20H25N3O3S.ClH/c21-14-6-4-10-23(12-14)18-13(11-17-19(24)22-20(25)27-17)5-3-9-16(18)26-15-7-1-2-8-15;/h3,5,9,11,14-15H,1-2,4,6-8,10,12,21H2,(H,22,24,25);1H/b17-11-;/t14-;/m1./s1. The molecule has 28 heavy (non-hydrogen) atoms. The van der Waals surface area contributed by atoms with Crippen LogP contribution in [0.3, 0.4) is 0 Å². The van der Waals surface area contributed by atoms with Crippen molar-refractivity contribution in [3.05, 3.63) is 28.7 Å². The quantitative estimate of drug-likeness (QED) is 0.718. The van der Waals surface area contributed by atoms with Crippen LogP contribution in [-0.2, 0) is 4.79 Å². The van der Waals surface area contributed by atoms with Gasteiger partial charge in [-0.15, -0.1) is 12.4 Å². The average Bonchev–Trinajstić information content (AvgIpc) is 3.25. The summed E-state index contributed by atoms with van der Waals surface area (Å²) in [6.45, 7) is 1.67. The Balaban J connectivity index is 0.00000225. The number of hydrogen-bond acceptors (Lipinski definition) is 6. The summed E-state index contributed by atoms with van der Waals surface area (Å²) in [6, 6.07) is 6.05. The van der Waals surface area contributed by atoms with Gasteiger partial charge in [-0.25, -0.2) is 0 Å². The van der Waals surface area contributed by atoms with Crippen molar-refractivity contribution >= 4 is 47.1 Å². The highest BCUT2D eigenvalue weighted by molar-refractivity contribution is 8.18. The number of para-hydroxylation sites is 1. The summed E-state index contributed by atoms with van der Waals surface area (Å²) < 4.78 is 6.36. The Bertz CT molecular complexity index is 780. The Morgan fingerprint density at radius 3 is 2.64 bits per heavy atom. The number of rotatable bonds is 4. The number of nitrogens with one attached hydrogen (secondary N) is 1. The zero-order valence-electron chi connectivity index (χ0n) is 15.7. The van der Waals surface area contributed by atoms with Crippen LogP contribution in [-0.4, -0.2) is 36.4 Å². The van der Waals surface area contributed by atoms with E-state index in [2.05, 4.69) is 10.2 Å². The molecule has 0 aromatic heterocycles. The number of anilines is 1. The highest BCUT2D eigenvalue weighted by atomic mass is 35.5. The minimum absolute atomic E-state index is 0. The van der Waals surface area contributed by atoms with Crippen molar-refractivity contribution in [2.24, 2.45) is 5.73 Å². The molecule has 0 bridgehead atoms. The van der Waals surface area contributed by atoms with Crippen LogP contribution in [0.25, 0.3) is 6.08 Å². The Labute approximate surface area is 175 Å². The fourth-order valence-electron chi connectivity index (χ4n) is 4.05. The molecule has 1 aromatic carbocycles. The van der Waals surface area contributed by atoms with Gasteiger partial charge in [-0.05, 0) is 62.4 Å². The van der Waals surface area contributed by atoms with E-state index >= 15 is 0 Å². The van der Waals surface area contributed by atoms with E-state index in [9.17, 15) is 9.59 Å². The maximum Gasteiger partial charge on any atom is 0.290 e. The number of nitrogens with zero attached hydrogens (tertiary/aromatic N) is 1. The lowest BCUT2D eigenvalue weighted by Crippen LogP contribution is -2.43. The molecule has 2 amide bonds. The van der Waals surface area contributed by atoms with Crippen LogP contribution < -0.4 is 20.7 Å². The van der Waals surface area contributed by atoms with E-state index in [1.165, 1.54) is 12.8 Å². The van der Waals surface area contributed by atoms with E-state index in [1.807, 2.05) is 18.2 Å². The number of imide groups is 1. The van der Waals surface area contributed by atoms with Gasteiger partial charge in [-0.2, -0.15) is 0 Å². The number of halogens is 1. The van der Waals surface area contributed by atoms with Crippen molar-refractivity contribution in [1.82, 2.24) is 5.32 Å². The van der Waals surface area contributed by atoms with E-state index < -0.39 is 0 Å². The first-order valence-corrected chi connectivity index (χ1v) is 10.5. The van der Waals surface area contributed by atoms with Crippen molar-refractivity contribution in [2.45, 2.75) is 50.7 Å². The largest absolute Gasteiger partial charge is 0.488 e. The van der Waals surface area contributed by atoms with E-state index in [1.54, 1.807) is 6.08 Å². The highest BCUT2D eigenvalue weighted by Crippen LogP contribution is 2.39. The van der Waals surface area contributed by atoms with Gasteiger partial charge in [-0.1, -0.05) is 12.1 Å². The molecule has 2 saturated heterocycles. The van der Waals surface area contributed by atoms with E-state index in [4.69, 9.17) is 10.5 Å². The van der Waals surface area contributed by atoms with Crippen LogP contribution in [0.15, 0.2) is 23.1 Å². The number of carbonyl (C=O) groups is 2. The first-order chi connectivity index (χ1) is 13.1. The van der Waals surface area contributed by atoms with Crippen LogP contribution in [0, 0.1) is 0 Å². The molecule has 4 rings (SSSR count). The number of benzene rings is 1. The van der Waals surface area contributed by atoms with E-state index in [0.29, 0.717) is 4.91 Å². The number of piperidine rings is 1. The summed E-state index contributed by atoms with van der Waals surface area (Å²) in [4.78, 5) is 26.2. The van der Waals surface area contributed by atoms with Gasteiger partial charge in [0.25, 0.3) is 11.1 Å². The number of nitrogens with two attached hydrogens (primary N) is 1. The molecule has 1 saturated carbocycles. The Hall–Kier alpha value is -1.70. The first-order valence-electron chi connectivity index (χ1n) is 9.65. The molecule has 0 spiro atoms. The lowest BCUT2D eigenvalue weighted by Gasteiger charge is -2.35. The van der Waals surface area contributed by atoms with Crippen molar-refractivity contribution in [3.63, 3.8) is 0 Å². The molecule has 8 heteroatoms. The van der Waals surface area contributed by atoms with Gasteiger partial charge in [0.2, 0.25) is 0 Å². The second kappa shape index (κ2) is 9.20. The Kier molecular flexibility index (Phi) is 6.91. The van der Waals surface area contributed by atoms with Crippen LogP contribution >= 0.6 is 24.2 Å². The Morgan fingerprint density at radius 2 is 1.96 bits per heavy atom. The summed E-state index contributed by atoms with van der Waals surface area (Å²) >= 11 is 0.941. The number of amides is 2. The zero-order chi connectivity index (χ0) is 18.8. The maximum atomic E-state index is 12.0. The molecule has 1 aromatic rings. The van der Waals surface area contributed by atoms with Gasteiger partial charge >= 0.3 is 0 Å². The molecule has 0 unspecified atom stereocenters. The van der Waals surface area contributed by atoms with Crippen molar-refractivity contribution in [1.29, 1.82) is 0 Å². The molecule has 3 N–H and O–H groups in total. The number of thioether (sulfide) groups is 1. The van der Waals surface area contributed by atoms with Crippen LogP contribution in [0.1, 0.15) is 44.1 Å². The number of carbonyl (C=O) groups excluding carboxylic acids is 2. The van der Waals surface area contributed by atoms with Gasteiger partial charge in [0.05, 0.1) is 16.7 Å². The molecule has 6 nitrogen and oxygen atoms in total. The zero-order valence-corrected chi connectivity index (χ0v) is 17.3. The van der Waals surface area contributed by atoms with Crippen molar-refractivity contribution < 1.29 is 14.3 Å². The second-order valence-corrected chi connectivity index (χ2v) is 8.43. The predicted octanol–water partition coefficient (Wildman–Crippen LogP) is 3.68. The molecule has 2 aliphatic heterocycles. The van der Waals surface area contributed by atoms with Gasteiger partial charge in [0.1, 0.15) is 5.75 Å². The summed E-state index contributed by atoms with van der Waals surface area (Å²) in [5.74, 6) is 0.508. The summed E-state index contributed by atoms with van der Waals surface area (Å²) in [7, 11) is 0. The second-order valence-electron chi connectivity index (χ2n) is 7.42. The summed E-state index contributed by atoms with van der Waals surface area (Å²) in [5.41, 5.74) is 8.10.